The minimum Gasteiger partial charge on any atom is -0.380 e. The molecule has 0 spiro atoms. The highest BCUT2D eigenvalue weighted by molar-refractivity contribution is 5.56. The van der Waals surface area contributed by atoms with Gasteiger partial charge in [-0.15, -0.1) is 0 Å². The van der Waals surface area contributed by atoms with Crippen LogP contribution in [0.25, 0.3) is 0 Å². The van der Waals surface area contributed by atoms with Crippen molar-refractivity contribution in [2.24, 2.45) is 10.4 Å². The summed E-state index contributed by atoms with van der Waals surface area (Å²) in [5.74, 6) is 0. The molecule has 0 saturated heterocycles. The van der Waals surface area contributed by atoms with E-state index in [9.17, 15) is 5.11 Å². The molecule has 1 aromatic rings. The van der Waals surface area contributed by atoms with E-state index in [1.165, 1.54) is 15.6 Å². The highest BCUT2D eigenvalue weighted by atomic mass is 16.5. The van der Waals surface area contributed by atoms with Crippen LogP contribution in [0.4, 0.5) is 5.69 Å². The number of aliphatic hydroxyl groups excluding tert-OH is 1. The maximum Gasteiger partial charge on any atom is 0.245 e. The van der Waals surface area contributed by atoms with E-state index in [4.69, 9.17) is 4.74 Å². The molecule has 6 nitrogen and oxygen atoms in total. The Balaban J connectivity index is 2.41. The van der Waals surface area contributed by atoms with E-state index in [1.807, 2.05) is 12.1 Å². The van der Waals surface area contributed by atoms with Crippen molar-refractivity contribution in [3.05, 3.63) is 29.3 Å². The maximum absolute atomic E-state index is 9.99. The Bertz CT molecular complexity index is 450. The average Bonchev–Trinajstić information content (AvgIpc) is 2.71. The van der Waals surface area contributed by atoms with Crippen LogP contribution in [-0.4, -0.2) is 30.6 Å². The smallest absolute Gasteiger partial charge is 0.245 e. The Morgan fingerprint density at radius 1 is 1.39 bits per heavy atom. The number of ether oxygens (including phenoxy) is 1. The summed E-state index contributed by atoms with van der Waals surface area (Å²) < 4.78 is 5.24. The van der Waals surface area contributed by atoms with Gasteiger partial charge in [0.1, 0.15) is 0 Å². The largest absolute Gasteiger partial charge is 0.380 e. The van der Waals surface area contributed by atoms with Crippen molar-refractivity contribution >= 4 is 5.69 Å². The van der Waals surface area contributed by atoms with E-state index in [0.717, 1.165) is 17.7 Å². The van der Waals surface area contributed by atoms with Crippen molar-refractivity contribution in [1.82, 2.24) is 5.01 Å². The zero-order valence-electron chi connectivity index (χ0n) is 10.9. The molecule has 0 amide bonds. The fourth-order valence-electron chi connectivity index (χ4n) is 2.01. The van der Waals surface area contributed by atoms with Gasteiger partial charge in [0.15, 0.2) is 0 Å². The fraction of sp³-hybridized carbons (Fsp3) is 0.500. The number of anilines is 1. The van der Waals surface area contributed by atoms with Crippen LogP contribution < -0.4 is 5.01 Å². The molecule has 1 aliphatic heterocycles. The Morgan fingerprint density at radius 3 is 2.72 bits per heavy atom. The number of methoxy groups -OCH3 is 1. The van der Waals surface area contributed by atoms with E-state index in [2.05, 4.69) is 23.4 Å². The summed E-state index contributed by atoms with van der Waals surface area (Å²) in [5, 5.41) is 20.7. The number of aryl methyl sites for hydroxylation is 1. The lowest BCUT2D eigenvalue weighted by molar-refractivity contribution is 0.0455. The minimum absolute atomic E-state index is 0.488. The zero-order chi connectivity index (χ0) is 13.1. The third-order valence-corrected chi connectivity index (χ3v) is 3.00. The molecule has 1 heterocycles. The number of benzene rings is 1. The van der Waals surface area contributed by atoms with Gasteiger partial charge in [0.25, 0.3) is 0 Å². The van der Waals surface area contributed by atoms with Crippen molar-refractivity contribution in [2.45, 2.75) is 26.3 Å². The van der Waals surface area contributed by atoms with Gasteiger partial charge in [0.05, 0.1) is 12.3 Å². The van der Waals surface area contributed by atoms with Crippen LogP contribution in [0.1, 0.15) is 18.1 Å². The van der Waals surface area contributed by atoms with Crippen LogP contribution in [-0.2, 0) is 17.8 Å². The summed E-state index contributed by atoms with van der Waals surface area (Å²) in [7, 11) is 3.33. The van der Waals surface area contributed by atoms with Gasteiger partial charge in [0, 0.05) is 19.7 Å². The van der Waals surface area contributed by atoms with E-state index in [1.54, 1.807) is 14.2 Å². The van der Waals surface area contributed by atoms with Crippen LogP contribution >= 0.6 is 0 Å². The molecule has 1 aliphatic rings. The van der Waals surface area contributed by atoms with Gasteiger partial charge >= 0.3 is 0 Å². The van der Waals surface area contributed by atoms with Crippen LogP contribution in [0.3, 0.4) is 0 Å². The molecule has 1 unspecified atom stereocenters. The van der Waals surface area contributed by atoms with E-state index in [-0.39, 0.29) is 0 Å². The lowest BCUT2D eigenvalue weighted by atomic mass is 10.0. The maximum atomic E-state index is 9.99. The monoisotopic (exact) mass is 250 g/mol. The Kier molecular flexibility index (Phi) is 3.78. The summed E-state index contributed by atoms with van der Waals surface area (Å²) in [5.41, 5.74) is 3.05. The van der Waals surface area contributed by atoms with Gasteiger partial charge in [0.2, 0.25) is 6.35 Å². The second kappa shape index (κ2) is 5.32. The SMILES string of the molecule is CCc1cccc(N2N=NN(C)C2O)c1COC. The summed E-state index contributed by atoms with van der Waals surface area (Å²) in [4.78, 5) is 0. The van der Waals surface area contributed by atoms with E-state index in [0.29, 0.717) is 6.61 Å². The van der Waals surface area contributed by atoms with Gasteiger partial charge in [-0.1, -0.05) is 19.1 Å². The normalized spacial score (nSPS) is 18.8. The second-order valence-electron chi connectivity index (χ2n) is 4.14. The van der Waals surface area contributed by atoms with E-state index >= 15 is 0 Å². The highest BCUT2D eigenvalue weighted by Gasteiger charge is 2.28. The first-order valence-corrected chi connectivity index (χ1v) is 5.90. The quantitative estimate of drug-likeness (QED) is 0.883. The summed E-state index contributed by atoms with van der Waals surface area (Å²) in [6.07, 6.45) is 0.0383. The first-order valence-electron chi connectivity index (χ1n) is 5.90. The average molecular weight is 250 g/mol. The molecule has 0 aromatic heterocycles. The molecule has 0 fully saturated rings. The molecular formula is C12H18N4O2. The molecule has 0 bridgehead atoms. The summed E-state index contributed by atoms with van der Waals surface area (Å²) in [6.45, 7) is 2.58. The van der Waals surface area contributed by atoms with Crippen molar-refractivity contribution in [3.63, 3.8) is 0 Å². The number of nitrogens with zero attached hydrogens (tertiary/aromatic N) is 4. The van der Waals surface area contributed by atoms with Crippen LogP contribution in [0, 0.1) is 0 Å². The van der Waals surface area contributed by atoms with Gasteiger partial charge in [-0.2, -0.15) is 5.01 Å². The Hall–Kier alpha value is -1.66. The first-order chi connectivity index (χ1) is 8.69. The molecule has 0 radical (unpaired) electrons. The third kappa shape index (κ3) is 2.16. The topological polar surface area (TPSA) is 60.7 Å². The van der Waals surface area contributed by atoms with Gasteiger partial charge in [-0.05, 0) is 28.5 Å². The van der Waals surface area contributed by atoms with Crippen molar-refractivity contribution in [2.75, 3.05) is 19.2 Å². The molecule has 1 N–H and O–H groups in total. The molecular weight excluding hydrogens is 232 g/mol. The highest BCUT2D eigenvalue weighted by Crippen LogP contribution is 2.29. The number of rotatable bonds is 4. The van der Waals surface area contributed by atoms with Crippen LogP contribution in [0.15, 0.2) is 28.6 Å². The molecule has 1 aromatic carbocycles. The number of hydrogen-bond donors (Lipinski definition) is 1. The molecule has 18 heavy (non-hydrogen) atoms. The zero-order valence-corrected chi connectivity index (χ0v) is 10.9. The molecule has 0 saturated carbocycles. The predicted molar refractivity (Wildman–Crippen MR) is 67.6 cm³/mol. The van der Waals surface area contributed by atoms with Crippen molar-refractivity contribution in [3.8, 4) is 0 Å². The molecule has 2 rings (SSSR count). The third-order valence-electron chi connectivity index (χ3n) is 3.00. The van der Waals surface area contributed by atoms with Crippen molar-refractivity contribution < 1.29 is 9.84 Å². The molecule has 98 valence electrons. The molecule has 6 heteroatoms. The Labute approximate surface area is 106 Å². The van der Waals surface area contributed by atoms with Gasteiger partial charge in [-0.25, -0.2) is 5.01 Å². The van der Waals surface area contributed by atoms with Gasteiger partial charge in [-0.3, -0.25) is 0 Å². The summed E-state index contributed by atoms with van der Waals surface area (Å²) in [6, 6.07) is 5.92. The van der Waals surface area contributed by atoms with Gasteiger partial charge < -0.3 is 9.84 Å². The Morgan fingerprint density at radius 2 is 2.17 bits per heavy atom. The van der Waals surface area contributed by atoms with Crippen LogP contribution in [0.2, 0.25) is 0 Å². The fourth-order valence-corrected chi connectivity index (χ4v) is 2.01. The first kappa shape index (κ1) is 12.8. The van der Waals surface area contributed by atoms with Crippen LogP contribution in [0.5, 0.6) is 0 Å². The lowest BCUT2D eigenvalue weighted by Gasteiger charge is -2.23. The van der Waals surface area contributed by atoms with Crippen molar-refractivity contribution in [1.29, 1.82) is 0 Å². The number of aliphatic hydroxyl groups is 1. The molecule has 0 aliphatic carbocycles. The standard InChI is InChI=1S/C12H18N4O2/c1-4-9-6-5-7-11(10(9)8-18-3)16-12(17)15(2)13-14-16/h5-7,12,17H,4,8H2,1-3H3. The molecule has 1 atom stereocenters. The second-order valence-corrected chi connectivity index (χ2v) is 4.14. The predicted octanol–water partition coefficient (Wildman–Crippen LogP) is 1.71. The lowest BCUT2D eigenvalue weighted by Crippen LogP contribution is -2.36. The minimum atomic E-state index is -0.868. The summed E-state index contributed by atoms with van der Waals surface area (Å²) >= 11 is 0. The van der Waals surface area contributed by atoms with E-state index < -0.39 is 6.35 Å². The number of hydrogen-bond acceptors (Lipinski definition) is 6.